The smallest absolute Gasteiger partial charge is 0.181 e. The van der Waals surface area contributed by atoms with E-state index >= 15 is 0 Å². The molecule has 0 amide bonds. The molecule has 1 N–H and O–H groups in total. The Morgan fingerprint density at radius 1 is 1.22 bits per heavy atom. The predicted molar refractivity (Wildman–Crippen MR) is 92.0 cm³/mol. The van der Waals surface area contributed by atoms with Gasteiger partial charge in [0, 0.05) is 35.7 Å². The van der Waals surface area contributed by atoms with Gasteiger partial charge in [-0.05, 0) is 37.6 Å². The summed E-state index contributed by atoms with van der Waals surface area (Å²) < 4.78 is 1.91. The molecular formula is C19H19N3O. The normalized spacial score (nSPS) is 10.6. The number of nitrogens with zero attached hydrogens (tertiary/aromatic N) is 3. The SMILES string of the molecule is CCn1cc2c(C)cc(-c3ccc(C#CCCO)cc3)nc2n1. The molecule has 0 fully saturated rings. The fourth-order valence-electron chi connectivity index (χ4n) is 2.46. The number of hydrogen-bond donors (Lipinski definition) is 1. The molecule has 0 aliphatic heterocycles. The lowest BCUT2D eigenvalue weighted by Crippen LogP contribution is -1.93. The summed E-state index contributed by atoms with van der Waals surface area (Å²) in [6.45, 7) is 5.09. The third-order valence-corrected chi connectivity index (χ3v) is 3.72. The van der Waals surface area contributed by atoms with E-state index in [1.807, 2.05) is 35.1 Å². The lowest BCUT2D eigenvalue weighted by Gasteiger charge is -2.03. The van der Waals surface area contributed by atoms with Crippen LogP contribution in [0, 0.1) is 18.8 Å². The van der Waals surface area contributed by atoms with E-state index in [-0.39, 0.29) is 6.61 Å². The summed E-state index contributed by atoms with van der Waals surface area (Å²) in [6, 6.07) is 10.1. The zero-order valence-corrected chi connectivity index (χ0v) is 13.4. The maximum atomic E-state index is 8.75. The van der Waals surface area contributed by atoms with Crippen molar-refractivity contribution in [3.05, 3.63) is 47.7 Å². The van der Waals surface area contributed by atoms with E-state index in [9.17, 15) is 0 Å². The molecule has 0 aliphatic rings. The molecule has 0 bridgehead atoms. The van der Waals surface area contributed by atoms with Crippen molar-refractivity contribution in [1.29, 1.82) is 0 Å². The van der Waals surface area contributed by atoms with Gasteiger partial charge in [0.25, 0.3) is 0 Å². The summed E-state index contributed by atoms with van der Waals surface area (Å²) in [5.74, 6) is 5.95. The molecule has 0 saturated heterocycles. The minimum atomic E-state index is 0.0959. The van der Waals surface area contributed by atoms with Gasteiger partial charge in [-0.25, -0.2) is 4.98 Å². The van der Waals surface area contributed by atoms with Crippen molar-refractivity contribution in [2.45, 2.75) is 26.8 Å². The fourth-order valence-corrected chi connectivity index (χ4v) is 2.46. The lowest BCUT2D eigenvalue weighted by atomic mass is 10.1. The Morgan fingerprint density at radius 2 is 2.00 bits per heavy atom. The van der Waals surface area contributed by atoms with Gasteiger partial charge in [0.15, 0.2) is 5.65 Å². The van der Waals surface area contributed by atoms with Gasteiger partial charge < -0.3 is 5.11 Å². The third-order valence-electron chi connectivity index (χ3n) is 3.72. The molecule has 0 saturated carbocycles. The highest BCUT2D eigenvalue weighted by atomic mass is 16.2. The van der Waals surface area contributed by atoms with Crippen molar-refractivity contribution in [3.63, 3.8) is 0 Å². The quantitative estimate of drug-likeness (QED) is 0.756. The summed E-state index contributed by atoms with van der Waals surface area (Å²) in [6.07, 6.45) is 2.54. The Labute approximate surface area is 135 Å². The largest absolute Gasteiger partial charge is 0.395 e. The highest BCUT2D eigenvalue weighted by molar-refractivity contribution is 5.81. The lowest BCUT2D eigenvalue weighted by molar-refractivity contribution is 0.305. The van der Waals surface area contributed by atoms with Gasteiger partial charge in [-0.15, -0.1) is 0 Å². The monoisotopic (exact) mass is 305 g/mol. The number of rotatable bonds is 3. The van der Waals surface area contributed by atoms with E-state index in [0.29, 0.717) is 6.42 Å². The average Bonchev–Trinajstić information content (AvgIpc) is 2.99. The molecule has 116 valence electrons. The number of aliphatic hydroxyl groups is 1. The summed E-state index contributed by atoms with van der Waals surface area (Å²) in [4.78, 5) is 4.68. The van der Waals surface area contributed by atoms with Crippen LogP contribution in [0.2, 0.25) is 0 Å². The number of aliphatic hydroxyl groups excluding tert-OH is 1. The van der Waals surface area contributed by atoms with Crippen molar-refractivity contribution in [1.82, 2.24) is 14.8 Å². The van der Waals surface area contributed by atoms with Gasteiger partial charge in [0.05, 0.1) is 12.3 Å². The van der Waals surface area contributed by atoms with Crippen LogP contribution in [-0.2, 0) is 6.54 Å². The second kappa shape index (κ2) is 6.64. The molecule has 4 nitrogen and oxygen atoms in total. The fraction of sp³-hybridized carbons (Fsp3) is 0.263. The van der Waals surface area contributed by atoms with Gasteiger partial charge in [-0.2, -0.15) is 5.10 Å². The molecule has 0 atom stereocenters. The predicted octanol–water partition coefficient (Wildman–Crippen LogP) is 3.16. The van der Waals surface area contributed by atoms with Crippen LogP contribution < -0.4 is 0 Å². The van der Waals surface area contributed by atoms with Crippen molar-refractivity contribution in [2.75, 3.05) is 6.61 Å². The number of aryl methyl sites for hydroxylation is 2. The van der Waals surface area contributed by atoms with E-state index < -0.39 is 0 Å². The van der Waals surface area contributed by atoms with E-state index in [1.54, 1.807) is 0 Å². The molecule has 3 aromatic rings. The Kier molecular flexibility index (Phi) is 4.40. The van der Waals surface area contributed by atoms with E-state index in [4.69, 9.17) is 5.11 Å². The first kappa shape index (κ1) is 15.3. The van der Waals surface area contributed by atoms with Crippen LogP contribution in [0.4, 0.5) is 0 Å². The van der Waals surface area contributed by atoms with Crippen LogP contribution in [0.3, 0.4) is 0 Å². The van der Waals surface area contributed by atoms with Crippen molar-refractivity contribution in [3.8, 4) is 23.1 Å². The maximum Gasteiger partial charge on any atom is 0.181 e. The summed E-state index contributed by atoms with van der Waals surface area (Å²) in [7, 11) is 0. The average molecular weight is 305 g/mol. The Bertz CT molecular complexity index is 883. The van der Waals surface area contributed by atoms with Crippen LogP contribution in [0.5, 0.6) is 0 Å². The number of hydrogen-bond acceptors (Lipinski definition) is 3. The number of pyridine rings is 1. The summed E-state index contributed by atoms with van der Waals surface area (Å²) in [5.41, 5.74) is 4.88. The Morgan fingerprint density at radius 3 is 2.70 bits per heavy atom. The van der Waals surface area contributed by atoms with Crippen molar-refractivity contribution in [2.24, 2.45) is 0 Å². The molecule has 2 heterocycles. The first-order chi connectivity index (χ1) is 11.2. The minimum absolute atomic E-state index is 0.0959. The van der Waals surface area contributed by atoms with E-state index in [1.165, 1.54) is 5.56 Å². The number of benzene rings is 1. The molecule has 3 rings (SSSR count). The second-order valence-corrected chi connectivity index (χ2v) is 5.40. The van der Waals surface area contributed by atoms with Crippen LogP contribution in [0.25, 0.3) is 22.3 Å². The third kappa shape index (κ3) is 3.25. The zero-order chi connectivity index (χ0) is 16.2. The van der Waals surface area contributed by atoms with Crippen molar-refractivity contribution >= 4 is 11.0 Å². The molecule has 0 aliphatic carbocycles. The molecule has 0 radical (unpaired) electrons. The van der Waals surface area contributed by atoms with Gasteiger partial charge >= 0.3 is 0 Å². The summed E-state index contributed by atoms with van der Waals surface area (Å²) >= 11 is 0. The minimum Gasteiger partial charge on any atom is -0.395 e. The van der Waals surface area contributed by atoms with Gasteiger partial charge in [-0.3, -0.25) is 4.68 Å². The molecular weight excluding hydrogens is 286 g/mol. The van der Waals surface area contributed by atoms with Crippen LogP contribution in [-0.4, -0.2) is 26.5 Å². The molecule has 2 aromatic heterocycles. The van der Waals surface area contributed by atoms with E-state index in [0.717, 1.165) is 34.4 Å². The van der Waals surface area contributed by atoms with Crippen LogP contribution in [0.15, 0.2) is 36.5 Å². The van der Waals surface area contributed by atoms with E-state index in [2.05, 4.69) is 41.8 Å². The van der Waals surface area contributed by atoms with Crippen molar-refractivity contribution < 1.29 is 5.11 Å². The van der Waals surface area contributed by atoms with Gasteiger partial charge in [0.1, 0.15) is 0 Å². The van der Waals surface area contributed by atoms with Crippen LogP contribution >= 0.6 is 0 Å². The maximum absolute atomic E-state index is 8.75. The number of fused-ring (bicyclic) bond motifs is 1. The topological polar surface area (TPSA) is 50.9 Å². The Hall–Kier alpha value is -2.64. The molecule has 1 aromatic carbocycles. The standard InChI is InChI=1S/C19H19N3O/c1-3-22-13-17-14(2)12-18(20-19(17)21-22)16-9-7-15(8-10-16)6-4-5-11-23/h7-10,12-13,23H,3,5,11H2,1-2H3. The van der Waals surface area contributed by atoms with Gasteiger partial charge in [-0.1, -0.05) is 24.0 Å². The van der Waals surface area contributed by atoms with Gasteiger partial charge in [0.2, 0.25) is 0 Å². The molecule has 4 heteroatoms. The molecule has 0 spiro atoms. The first-order valence-electron chi connectivity index (χ1n) is 7.76. The highest BCUT2D eigenvalue weighted by Gasteiger charge is 2.08. The number of aromatic nitrogens is 3. The molecule has 23 heavy (non-hydrogen) atoms. The van der Waals surface area contributed by atoms with Crippen LogP contribution in [0.1, 0.15) is 24.5 Å². The summed E-state index contributed by atoms with van der Waals surface area (Å²) in [5, 5.41) is 14.4. The second-order valence-electron chi connectivity index (χ2n) is 5.40. The Balaban J connectivity index is 1.95. The molecule has 0 unspecified atom stereocenters. The highest BCUT2D eigenvalue weighted by Crippen LogP contribution is 2.24. The first-order valence-corrected chi connectivity index (χ1v) is 7.76. The zero-order valence-electron chi connectivity index (χ0n) is 13.4.